The summed E-state index contributed by atoms with van der Waals surface area (Å²) in [5.41, 5.74) is 1.08. The van der Waals surface area contributed by atoms with Gasteiger partial charge in [0.1, 0.15) is 0 Å². The van der Waals surface area contributed by atoms with Crippen molar-refractivity contribution in [3.8, 4) is 0 Å². The molecule has 0 amide bonds. The fraction of sp³-hybridized carbons (Fsp3) is 0.500. The van der Waals surface area contributed by atoms with Crippen LogP contribution in [0.5, 0.6) is 0 Å². The van der Waals surface area contributed by atoms with Crippen LogP contribution in [-0.2, 0) is 6.42 Å². The van der Waals surface area contributed by atoms with Crippen molar-refractivity contribution in [2.75, 3.05) is 7.11 Å². The quantitative estimate of drug-likeness (QED) is 0.591. The van der Waals surface area contributed by atoms with Crippen LogP contribution in [-0.4, -0.2) is 17.1 Å². The van der Waals surface area contributed by atoms with Gasteiger partial charge in [-0.15, -0.1) is 11.3 Å². The first-order chi connectivity index (χ1) is 6.16. The Kier molecular flexibility index (Phi) is 5.25. The highest BCUT2D eigenvalue weighted by Gasteiger charge is 2.17. The molecule has 1 aromatic rings. The minimum absolute atomic E-state index is 0.301. The van der Waals surface area contributed by atoms with Gasteiger partial charge in [-0.3, -0.25) is 10.1 Å². The number of nitrogens with zero attached hydrogens (tertiary/aromatic N) is 1. The van der Waals surface area contributed by atoms with E-state index in [2.05, 4.69) is 0 Å². The molecule has 0 aliphatic rings. The largest absolute Gasteiger partial charge is 0.400 e. The first kappa shape index (κ1) is 12.1. The van der Waals surface area contributed by atoms with Crippen LogP contribution >= 0.6 is 11.3 Å². The van der Waals surface area contributed by atoms with Crippen molar-refractivity contribution in [3.05, 3.63) is 25.9 Å². The highest BCUT2D eigenvalue weighted by atomic mass is 32.1. The maximum absolute atomic E-state index is 10.5. The molecule has 5 heteroatoms. The summed E-state index contributed by atoms with van der Waals surface area (Å²) < 4.78 is 0. The number of hydrogen-bond donors (Lipinski definition) is 1. The van der Waals surface area contributed by atoms with E-state index in [9.17, 15) is 10.1 Å². The average Bonchev–Trinajstić information content (AvgIpc) is 2.50. The van der Waals surface area contributed by atoms with Crippen molar-refractivity contribution in [1.29, 1.82) is 0 Å². The standard InChI is InChI=1S/C7H9NO2S.CH4O/c1-3-6-7(8(9)10)5(2)4-11-6;1-2/h4H,3H2,1-2H3;2H,1H3. The lowest BCUT2D eigenvalue weighted by Crippen LogP contribution is -1.91. The molecule has 0 unspecified atom stereocenters. The van der Waals surface area contributed by atoms with Crippen LogP contribution in [0.1, 0.15) is 17.4 Å². The average molecular weight is 203 g/mol. The number of thiophene rings is 1. The monoisotopic (exact) mass is 203 g/mol. The Balaban J connectivity index is 0.000000671. The SMILES string of the molecule is CCc1scc(C)c1[N+](=O)[O-].CO. The van der Waals surface area contributed by atoms with Crippen LogP contribution < -0.4 is 0 Å². The summed E-state index contributed by atoms with van der Waals surface area (Å²) in [5, 5.41) is 19.3. The molecule has 13 heavy (non-hydrogen) atoms. The van der Waals surface area contributed by atoms with Gasteiger partial charge in [0.25, 0.3) is 5.69 Å². The first-order valence-corrected chi connectivity index (χ1v) is 4.70. The Labute approximate surface area is 81.0 Å². The second kappa shape index (κ2) is 5.66. The van der Waals surface area contributed by atoms with E-state index in [0.717, 1.165) is 24.0 Å². The molecule has 0 radical (unpaired) electrons. The van der Waals surface area contributed by atoms with Gasteiger partial charge in [-0.05, 0) is 13.3 Å². The summed E-state index contributed by atoms with van der Waals surface area (Å²) >= 11 is 1.46. The van der Waals surface area contributed by atoms with E-state index in [0.29, 0.717) is 5.69 Å². The highest BCUT2D eigenvalue weighted by Crippen LogP contribution is 2.29. The van der Waals surface area contributed by atoms with E-state index in [1.807, 2.05) is 12.3 Å². The Hall–Kier alpha value is -0.940. The van der Waals surface area contributed by atoms with Crippen molar-refractivity contribution in [1.82, 2.24) is 0 Å². The molecule has 0 aliphatic carbocycles. The van der Waals surface area contributed by atoms with E-state index in [4.69, 9.17) is 5.11 Å². The topological polar surface area (TPSA) is 63.4 Å². The minimum Gasteiger partial charge on any atom is -0.400 e. The van der Waals surface area contributed by atoms with Gasteiger partial charge < -0.3 is 5.11 Å². The van der Waals surface area contributed by atoms with Gasteiger partial charge in [-0.2, -0.15) is 0 Å². The molecule has 1 aromatic heterocycles. The van der Waals surface area contributed by atoms with Crippen molar-refractivity contribution < 1.29 is 10.0 Å². The van der Waals surface area contributed by atoms with Gasteiger partial charge in [0, 0.05) is 18.1 Å². The first-order valence-electron chi connectivity index (χ1n) is 3.83. The van der Waals surface area contributed by atoms with Gasteiger partial charge >= 0.3 is 0 Å². The smallest absolute Gasteiger partial charge is 0.286 e. The Morgan fingerprint density at radius 2 is 2.15 bits per heavy atom. The zero-order chi connectivity index (χ0) is 10.4. The fourth-order valence-corrected chi connectivity index (χ4v) is 1.93. The zero-order valence-electron chi connectivity index (χ0n) is 7.90. The third kappa shape index (κ3) is 2.78. The van der Waals surface area contributed by atoms with Gasteiger partial charge in [0.15, 0.2) is 0 Å². The summed E-state index contributed by atoms with van der Waals surface area (Å²) in [7, 11) is 1.00. The molecule has 4 nitrogen and oxygen atoms in total. The van der Waals surface area contributed by atoms with E-state index in [-0.39, 0.29) is 4.92 Å². The normalized spacial score (nSPS) is 8.92. The molecular weight excluding hydrogens is 190 g/mol. The highest BCUT2D eigenvalue weighted by molar-refractivity contribution is 7.10. The molecule has 0 spiro atoms. The second-order valence-corrected chi connectivity index (χ2v) is 3.27. The molecule has 0 bridgehead atoms. The second-order valence-electron chi connectivity index (χ2n) is 2.30. The lowest BCUT2D eigenvalue weighted by Gasteiger charge is -1.91. The lowest BCUT2D eigenvalue weighted by atomic mass is 10.2. The molecule has 0 aromatic carbocycles. The van der Waals surface area contributed by atoms with Crippen molar-refractivity contribution in [2.24, 2.45) is 0 Å². The summed E-state index contributed by atoms with van der Waals surface area (Å²) in [6.07, 6.45) is 0.745. The van der Waals surface area contributed by atoms with Crippen molar-refractivity contribution in [2.45, 2.75) is 20.3 Å². The predicted molar refractivity (Wildman–Crippen MR) is 53.2 cm³/mol. The molecule has 0 aliphatic heterocycles. The summed E-state index contributed by atoms with van der Waals surface area (Å²) in [6.45, 7) is 3.70. The maximum atomic E-state index is 10.5. The molecule has 1 rings (SSSR count). The Morgan fingerprint density at radius 3 is 2.46 bits per heavy atom. The molecule has 0 saturated heterocycles. The molecule has 74 valence electrons. The Morgan fingerprint density at radius 1 is 1.62 bits per heavy atom. The summed E-state index contributed by atoms with van der Waals surface area (Å²) in [6, 6.07) is 0. The lowest BCUT2D eigenvalue weighted by molar-refractivity contribution is -0.385. The van der Waals surface area contributed by atoms with Crippen LogP contribution in [0.25, 0.3) is 0 Å². The zero-order valence-corrected chi connectivity index (χ0v) is 8.72. The number of rotatable bonds is 2. The van der Waals surface area contributed by atoms with Gasteiger partial charge in [0.05, 0.1) is 9.80 Å². The molecule has 0 fully saturated rings. The summed E-state index contributed by atoms with van der Waals surface area (Å²) in [5.74, 6) is 0. The van der Waals surface area contributed by atoms with Crippen molar-refractivity contribution in [3.63, 3.8) is 0 Å². The van der Waals surface area contributed by atoms with Crippen LogP contribution in [0.3, 0.4) is 0 Å². The molecule has 1 N–H and O–H groups in total. The van der Waals surface area contributed by atoms with E-state index in [1.165, 1.54) is 11.3 Å². The van der Waals surface area contributed by atoms with E-state index < -0.39 is 0 Å². The van der Waals surface area contributed by atoms with E-state index in [1.54, 1.807) is 6.92 Å². The number of aliphatic hydroxyl groups excluding tert-OH is 1. The number of aryl methyl sites for hydroxylation is 2. The van der Waals surface area contributed by atoms with Crippen molar-refractivity contribution >= 4 is 17.0 Å². The van der Waals surface area contributed by atoms with Gasteiger partial charge in [0.2, 0.25) is 0 Å². The van der Waals surface area contributed by atoms with Gasteiger partial charge in [-0.25, -0.2) is 0 Å². The van der Waals surface area contributed by atoms with Crippen LogP contribution in [0.15, 0.2) is 5.38 Å². The minimum atomic E-state index is -0.301. The maximum Gasteiger partial charge on any atom is 0.286 e. The van der Waals surface area contributed by atoms with Gasteiger partial charge in [-0.1, -0.05) is 6.92 Å². The third-order valence-corrected chi connectivity index (χ3v) is 2.76. The van der Waals surface area contributed by atoms with Crippen LogP contribution in [0.2, 0.25) is 0 Å². The molecule has 0 atom stereocenters. The summed E-state index contributed by atoms with van der Waals surface area (Å²) in [4.78, 5) is 11.0. The van der Waals surface area contributed by atoms with E-state index >= 15 is 0 Å². The van der Waals surface area contributed by atoms with Crippen LogP contribution in [0.4, 0.5) is 5.69 Å². The molecule has 1 heterocycles. The number of nitro groups is 1. The predicted octanol–water partition coefficient (Wildman–Crippen LogP) is 2.14. The fourth-order valence-electron chi connectivity index (χ4n) is 0.988. The molecule has 0 saturated carbocycles. The number of hydrogen-bond acceptors (Lipinski definition) is 4. The molecular formula is C8H13NO3S. The Bertz CT molecular complexity index is 283. The van der Waals surface area contributed by atoms with Crippen LogP contribution in [0, 0.1) is 17.0 Å². The number of aliphatic hydroxyl groups is 1. The third-order valence-electron chi connectivity index (χ3n) is 1.52.